The van der Waals surface area contributed by atoms with Crippen LogP contribution in [0.5, 0.6) is 0 Å². The van der Waals surface area contributed by atoms with Gasteiger partial charge in [-0.2, -0.15) is 11.8 Å². The maximum Gasteiger partial charge on any atom is 0.272 e. The van der Waals surface area contributed by atoms with Gasteiger partial charge in [0.1, 0.15) is 0 Å². The molecule has 0 saturated carbocycles. The zero-order valence-corrected chi connectivity index (χ0v) is 10.9. The molecule has 0 atom stereocenters. The Labute approximate surface area is 106 Å². The first-order valence-electron chi connectivity index (χ1n) is 5.73. The summed E-state index contributed by atoms with van der Waals surface area (Å²) in [5, 5.41) is 2.83. The Kier molecular flexibility index (Phi) is 6.47. The third kappa shape index (κ3) is 5.08. The van der Waals surface area contributed by atoms with Crippen LogP contribution in [0.3, 0.4) is 0 Å². The van der Waals surface area contributed by atoms with E-state index in [1.54, 1.807) is 18.3 Å². The van der Waals surface area contributed by atoms with Crippen molar-refractivity contribution in [2.45, 2.75) is 19.3 Å². The molecule has 3 N–H and O–H groups in total. The fourth-order valence-electron chi connectivity index (χ4n) is 1.44. The van der Waals surface area contributed by atoms with Crippen molar-refractivity contribution in [1.82, 2.24) is 10.3 Å². The molecule has 1 aromatic heterocycles. The van der Waals surface area contributed by atoms with Gasteiger partial charge >= 0.3 is 0 Å². The van der Waals surface area contributed by atoms with Crippen LogP contribution in [-0.2, 0) is 0 Å². The van der Waals surface area contributed by atoms with Gasteiger partial charge in [-0.25, -0.2) is 4.98 Å². The summed E-state index contributed by atoms with van der Waals surface area (Å²) in [5.74, 6) is 0.995. The molecule has 94 valence electrons. The molecule has 0 unspecified atom stereocenters. The predicted octanol–water partition coefficient (Wildman–Crippen LogP) is 1.93. The van der Waals surface area contributed by atoms with E-state index < -0.39 is 0 Å². The third-order valence-electron chi connectivity index (χ3n) is 2.36. The van der Waals surface area contributed by atoms with E-state index >= 15 is 0 Å². The average molecular weight is 253 g/mol. The number of nitrogens with two attached hydrogens (primary N) is 1. The van der Waals surface area contributed by atoms with E-state index in [0.29, 0.717) is 17.9 Å². The van der Waals surface area contributed by atoms with Crippen LogP contribution in [0.2, 0.25) is 0 Å². The summed E-state index contributed by atoms with van der Waals surface area (Å²) in [4.78, 5) is 15.7. The lowest BCUT2D eigenvalue weighted by Gasteiger charge is -2.06. The number of pyridine rings is 1. The Hall–Kier alpha value is -1.23. The normalized spacial score (nSPS) is 10.2. The van der Waals surface area contributed by atoms with Gasteiger partial charge in [-0.05, 0) is 37.0 Å². The standard InChI is InChI=1S/C12H19N3OS/c1-17-9-4-2-3-7-15-12(16)11-10(13)6-5-8-14-11/h5-6,8H,2-4,7,9,13H2,1H3,(H,15,16). The maximum atomic E-state index is 11.7. The van der Waals surface area contributed by atoms with Gasteiger partial charge in [0, 0.05) is 12.7 Å². The van der Waals surface area contributed by atoms with Crippen molar-refractivity contribution >= 4 is 23.4 Å². The van der Waals surface area contributed by atoms with Gasteiger partial charge in [0.25, 0.3) is 5.91 Å². The van der Waals surface area contributed by atoms with Crippen LogP contribution >= 0.6 is 11.8 Å². The van der Waals surface area contributed by atoms with E-state index in [2.05, 4.69) is 16.6 Å². The first-order chi connectivity index (χ1) is 8.25. The van der Waals surface area contributed by atoms with Crippen LogP contribution in [0, 0.1) is 0 Å². The highest BCUT2D eigenvalue weighted by Crippen LogP contribution is 2.06. The molecule has 17 heavy (non-hydrogen) atoms. The van der Waals surface area contributed by atoms with Crippen LogP contribution in [0.1, 0.15) is 29.8 Å². The van der Waals surface area contributed by atoms with Crippen LogP contribution in [0.4, 0.5) is 5.69 Å². The molecule has 1 heterocycles. The number of nitrogens with zero attached hydrogens (tertiary/aromatic N) is 1. The van der Waals surface area contributed by atoms with E-state index in [0.717, 1.165) is 12.8 Å². The van der Waals surface area contributed by atoms with Gasteiger partial charge in [0.15, 0.2) is 5.69 Å². The lowest BCUT2D eigenvalue weighted by molar-refractivity contribution is 0.0949. The number of nitrogen functional groups attached to an aromatic ring is 1. The van der Waals surface area contributed by atoms with Gasteiger partial charge in [0.05, 0.1) is 5.69 Å². The summed E-state index contributed by atoms with van der Waals surface area (Å²) in [5.41, 5.74) is 6.41. The van der Waals surface area contributed by atoms with E-state index in [4.69, 9.17) is 5.73 Å². The fourth-order valence-corrected chi connectivity index (χ4v) is 1.93. The van der Waals surface area contributed by atoms with Gasteiger partial charge in [-0.3, -0.25) is 4.79 Å². The van der Waals surface area contributed by atoms with Crippen molar-refractivity contribution in [2.24, 2.45) is 0 Å². The third-order valence-corrected chi connectivity index (χ3v) is 3.06. The Morgan fingerprint density at radius 2 is 2.29 bits per heavy atom. The first kappa shape index (κ1) is 13.8. The Morgan fingerprint density at radius 1 is 1.47 bits per heavy atom. The van der Waals surface area contributed by atoms with Crippen molar-refractivity contribution in [1.29, 1.82) is 0 Å². The Morgan fingerprint density at radius 3 is 3.00 bits per heavy atom. The second-order valence-corrected chi connectivity index (χ2v) is 4.74. The number of anilines is 1. The summed E-state index contributed by atoms with van der Waals surface area (Å²) in [6.07, 6.45) is 7.01. The maximum absolute atomic E-state index is 11.7. The number of amides is 1. The molecule has 0 spiro atoms. The Bertz CT molecular complexity index is 357. The summed E-state index contributed by atoms with van der Waals surface area (Å²) in [7, 11) is 0. The molecule has 0 bridgehead atoms. The minimum atomic E-state index is -0.187. The Balaban J connectivity index is 2.24. The molecule has 0 saturated heterocycles. The highest BCUT2D eigenvalue weighted by molar-refractivity contribution is 7.98. The molecule has 1 amide bonds. The topological polar surface area (TPSA) is 68.0 Å². The van der Waals surface area contributed by atoms with Gasteiger partial charge in [-0.1, -0.05) is 6.42 Å². The van der Waals surface area contributed by atoms with E-state index in [9.17, 15) is 4.79 Å². The molecule has 1 rings (SSSR count). The van der Waals surface area contributed by atoms with Crippen molar-refractivity contribution in [3.63, 3.8) is 0 Å². The summed E-state index contributed by atoms with van der Waals surface area (Å²) in [6.45, 7) is 0.684. The summed E-state index contributed by atoms with van der Waals surface area (Å²) >= 11 is 1.85. The molecule has 1 aromatic rings. The number of thioether (sulfide) groups is 1. The highest BCUT2D eigenvalue weighted by atomic mass is 32.2. The first-order valence-corrected chi connectivity index (χ1v) is 7.12. The fraction of sp³-hybridized carbons (Fsp3) is 0.500. The number of aromatic nitrogens is 1. The number of carbonyl (C=O) groups is 1. The van der Waals surface area contributed by atoms with Crippen molar-refractivity contribution in [2.75, 3.05) is 24.3 Å². The monoisotopic (exact) mass is 253 g/mol. The number of carbonyl (C=O) groups excluding carboxylic acids is 1. The van der Waals surface area contributed by atoms with Gasteiger partial charge < -0.3 is 11.1 Å². The van der Waals surface area contributed by atoms with Crippen molar-refractivity contribution < 1.29 is 4.79 Å². The molecule has 0 aromatic carbocycles. The minimum Gasteiger partial charge on any atom is -0.397 e. The second-order valence-electron chi connectivity index (χ2n) is 3.75. The number of hydrogen-bond donors (Lipinski definition) is 2. The van der Waals surface area contributed by atoms with Crippen molar-refractivity contribution in [3.05, 3.63) is 24.0 Å². The molecule has 5 heteroatoms. The lowest BCUT2D eigenvalue weighted by atomic mass is 10.2. The van der Waals surface area contributed by atoms with E-state index in [-0.39, 0.29) is 5.91 Å². The predicted molar refractivity (Wildman–Crippen MR) is 73.2 cm³/mol. The zero-order chi connectivity index (χ0) is 12.5. The highest BCUT2D eigenvalue weighted by Gasteiger charge is 2.09. The van der Waals surface area contributed by atoms with E-state index in [1.807, 2.05) is 11.8 Å². The molecular formula is C12H19N3OS. The van der Waals surface area contributed by atoms with Crippen LogP contribution in [0.25, 0.3) is 0 Å². The smallest absolute Gasteiger partial charge is 0.272 e. The van der Waals surface area contributed by atoms with Crippen molar-refractivity contribution in [3.8, 4) is 0 Å². The number of unbranched alkanes of at least 4 members (excludes halogenated alkanes) is 2. The molecule has 0 radical (unpaired) electrons. The van der Waals surface area contributed by atoms with Crippen LogP contribution in [-0.4, -0.2) is 29.4 Å². The molecule has 4 nitrogen and oxygen atoms in total. The summed E-state index contributed by atoms with van der Waals surface area (Å²) < 4.78 is 0. The summed E-state index contributed by atoms with van der Waals surface area (Å²) in [6, 6.07) is 3.40. The lowest BCUT2D eigenvalue weighted by Crippen LogP contribution is -2.26. The average Bonchev–Trinajstić information content (AvgIpc) is 2.34. The molecular weight excluding hydrogens is 234 g/mol. The van der Waals surface area contributed by atoms with Gasteiger partial charge in [0.2, 0.25) is 0 Å². The minimum absolute atomic E-state index is 0.187. The number of nitrogens with one attached hydrogen (secondary N) is 1. The van der Waals surface area contributed by atoms with Crippen LogP contribution in [0.15, 0.2) is 18.3 Å². The quantitative estimate of drug-likeness (QED) is 0.729. The molecule has 0 fully saturated rings. The zero-order valence-electron chi connectivity index (χ0n) is 10.1. The largest absolute Gasteiger partial charge is 0.397 e. The van der Waals surface area contributed by atoms with E-state index in [1.165, 1.54) is 12.2 Å². The molecule has 0 aliphatic rings. The van der Waals surface area contributed by atoms with Gasteiger partial charge in [-0.15, -0.1) is 0 Å². The second kappa shape index (κ2) is 7.95. The number of hydrogen-bond acceptors (Lipinski definition) is 4. The molecule has 0 aliphatic heterocycles. The van der Waals surface area contributed by atoms with Crippen LogP contribution < -0.4 is 11.1 Å². The number of rotatable bonds is 7. The SMILES string of the molecule is CSCCCCCNC(=O)c1ncccc1N. The molecule has 0 aliphatic carbocycles.